The molecule has 1 heterocycles. The molecular formula is C12H18NO+. The maximum atomic E-state index is 11.9. The SMILES string of the molecule is CC(C)C=[N+]1C(=O)C2[C@@H]3CC[C@@H](C3)[C@H]21. The van der Waals surface area contributed by atoms with E-state index in [-0.39, 0.29) is 0 Å². The van der Waals surface area contributed by atoms with Crippen LogP contribution in [0.3, 0.4) is 0 Å². The molecule has 2 saturated carbocycles. The van der Waals surface area contributed by atoms with Crippen LogP contribution >= 0.6 is 0 Å². The summed E-state index contributed by atoms with van der Waals surface area (Å²) < 4.78 is 2.04. The summed E-state index contributed by atoms with van der Waals surface area (Å²) in [6, 6.07) is 0.601. The fourth-order valence-electron chi connectivity index (χ4n) is 3.74. The third-order valence-electron chi connectivity index (χ3n) is 4.19. The molecule has 0 aromatic heterocycles. The van der Waals surface area contributed by atoms with Crippen molar-refractivity contribution >= 4 is 12.1 Å². The quantitative estimate of drug-likeness (QED) is 0.457. The lowest BCUT2D eigenvalue weighted by Gasteiger charge is -2.33. The maximum absolute atomic E-state index is 11.9. The molecule has 2 nitrogen and oxygen atoms in total. The molecule has 0 aromatic carbocycles. The summed E-state index contributed by atoms with van der Waals surface area (Å²) in [6.07, 6.45) is 6.13. The predicted molar refractivity (Wildman–Crippen MR) is 54.3 cm³/mol. The Kier molecular flexibility index (Phi) is 1.65. The molecule has 0 spiro atoms. The lowest BCUT2D eigenvalue weighted by molar-refractivity contribution is -0.553. The van der Waals surface area contributed by atoms with Gasteiger partial charge in [-0.05, 0) is 25.2 Å². The number of nitrogens with zero attached hydrogens (tertiary/aromatic N) is 1. The molecule has 2 aliphatic carbocycles. The van der Waals surface area contributed by atoms with Gasteiger partial charge in [-0.2, -0.15) is 4.58 Å². The van der Waals surface area contributed by atoms with E-state index in [9.17, 15) is 4.79 Å². The molecule has 0 N–H and O–H groups in total. The van der Waals surface area contributed by atoms with E-state index in [0.717, 1.165) is 11.8 Å². The Morgan fingerprint density at radius 2 is 2.07 bits per heavy atom. The number of rotatable bonds is 1. The summed E-state index contributed by atoms with van der Waals surface area (Å²) in [5, 5.41) is 0. The van der Waals surface area contributed by atoms with Crippen LogP contribution in [0.4, 0.5) is 0 Å². The van der Waals surface area contributed by atoms with Crippen molar-refractivity contribution in [1.82, 2.24) is 0 Å². The summed E-state index contributed by atoms with van der Waals surface area (Å²) >= 11 is 0. The second kappa shape index (κ2) is 2.68. The van der Waals surface area contributed by atoms with Crippen molar-refractivity contribution < 1.29 is 9.37 Å². The van der Waals surface area contributed by atoms with Gasteiger partial charge in [0.1, 0.15) is 5.92 Å². The molecule has 1 unspecified atom stereocenters. The van der Waals surface area contributed by atoms with Crippen molar-refractivity contribution in [2.24, 2.45) is 23.7 Å². The van der Waals surface area contributed by atoms with Gasteiger partial charge in [0.2, 0.25) is 0 Å². The standard InChI is InChI=1S/C12H18NO/c1-7(2)6-13-11-9-4-3-8(5-9)10(11)12(13)14/h6-11H,3-5H2,1-2H3/q+1/t8-,9+,10?,11-/m1/s1. The zero-order valence-electron chi connectivity index (χ0n) is 8.94. The van der Waals surface area contributed by atoms with E-state index in [0.29, 0.717) is 23.8 Å². The molecule has 2 bridgehead atoms. The van der Waals surface area contributed by atoms with Gasteiger partial charge in [-0.1, -0.05) is 13.8 Å². The third kappa shape index (κ3) is 0.918. The molecule has 0 radical (unpaired) electrons. The number of hydrogen-bond acceptors (Lipinski definition) is 1. The molecule has 1 amide bonds. The minimum absolute atomic E-state index is 0.413. The molecule has 4 atom stereocenters. The minimum atomic E-state index is 0.413. The van der Waals surface area contributed by atoms with Crippen LogP contribution in [0, 0.1) is 23.7 Å². The average Bonchev–Trinajstić information content (AvgIpc) is 2.70. The van der Waals surface area contributed by atoms with E-state index < -0.39 is 0 Å². The molecule has 1 saturated heterocycles. The summed E-state index contributed by atoms with van der Waals surface area (Å²) in [7, 11) is 0. The Morgan fingerprint density at radius 1 is 1.36 bits per heavy atom. The van der Waals surface area contributed by atoms with Crippen LogP contribution < -0.4 is 0 Å². The van der Waals surface area contributed by atoms with Gasteiger partial charge in [0.15, 0.2) is 12.3 Å². The van der Waals surface area contributed by atoms with Crippen LogP contribution in [0.1, 0.15) is 33.1 Å². The first-order chi connectivity index (χ1) is 6.68. The van der Waals surface area contributed by atoms with Gasteiger partial charge in [-0.3, -0.25) is 0 Å². The normalized spacial score (nSPS) is 47.4. The largest absolute Gasteiger partial charge is 0.397 e. The molecule has 3 aliphatic rings. The Bertz CT molecular complexity index is 318. The van der Waals surface area contributed by atoms with Crippen molar-refractivity contribution in [2.45, 2.75) is 39.2 Å². The van der Waals surface area contributed by atoms with Gasteiger partial charge in [0.25, 0.3) is 0 Å². The van der Waals surface area contributed by atoms with Crippen LogP contribution in [0.25, 0.3) is 0 Å². The molecule has 3 fully saturated rings. The van der Waals surface area contributed by atoms with Crippen LogP contribution in [0.15, 0.2) is 0 Å². The van der Waals surface area contributed by atoms with E-state index in [4.69, 9.17) is 0 Å². The molecule has 2 heteroatoms. The van der Waals surface area contributed by atoms with Crippen molar-refractivity contribution in [3.05, 3.63) is 0 Å². The topological polar surface area (TPSA) is 20.1 Å². The second-order valence-electron chi connectivity index (χ2n) is 5.49. The molecule has 1 aliphatic heterocycles. The van der Waals surface area contributed by atoms with Gasteiger partial charge in [0, 0.05) is 11.8 Å². The van der Waals surface area contributed by atoms with Crippen LogP contribution in [0.2, 0.25) is 0 Å². The predicted octanol–water partition coefficient (Wildman–Crippen LogP) is 1.68. The van der Waals surface area contributed by atoms with E-state index in [1.54, 1.807) is 0 Å². The highest BCUT2D eigenvalue weighted by atomic mass is 16.2. The van der Waals surface area contributed by atoms with Gasteiger partial charge >= 0.3 is 5.91 Å². The first-order valence-corrected chi connectivity index (χ1v) is 5.85. The number of amides is 1. The fourth-order valence-corrected chi connectivity index (χ4v) is 3.74. The van der Waals surface area contributed by atoms with Gasteiger partial charge in [0.05, 0.1) is 0 Å². The Morgan fingerprint density at radius 3 is 2.79 bits per heavy atom. The van der Waals surface area contributed by atoms with E-state index in [1.807, 2.05) is 4.58 Å². The van der Waals surface area contributed by atoms with Crippen molar-refractivity contribution in [1.29, 1.82) is 0 Å². The monoisotopic (exact) mass is 192 g/mol. The van der Waals surface area contributed by atoms with Crippen LogP contribution in [-0.2, 0) is 4.79 Å². The summed E-state index contributed by atoms with van der Waals surface area (Å²) in [5.41, 5.74) is 0. The zero-order chi connectivity index (χ0) is 9.87. The lowest BCUT2D eigenvalue weighted by Crippen LogP contribution is -2.58. The van der Waals surface area contributed by atoms with Crippen LogP contribution in [0.5, 0.6) is 0 Å². The highest BCUT2D eigenvalue weighted by Crippen LogP contribution is 2.54. The van der Waals surface area contributed by atoms with Crippen molar-refractivity contribution in [3.63, 3.8) is 0 Å². The Balaban J connectivity index is 1.89. The minimum Gasteiger partial charge on any atom is -0.219 e. The Labute approximate surface area is 85.0 Å². The third-order valence-corrected chi connectivity index (χ3v) is 4.19. The van der Waals surface area contributed by atoms with Gasteiger partial charge in [-0.25, -0.2) is 4.79 Å². The van der Waals surface area contributed by atoms with E-state index >= 15 is 0 Å². The van der Waals surface area contributed by atoms with Gasteiger partial charge in [-0.15, -0.1) is 0 Å². The molecular weight excluding hydrogens is 174 g/mol. The zero-order valence-corrected chi connectivity index (χ0v) is 8.94. The second-order valence-corrected chi connectivity index (χ2v) is 5.49. The molecule has 3 rings (SSSR count). The summed E-state index contributed by atoms with van der Waals surface area (Å²) in [4.78, 5) is 11.9. The van der Waals surface area contributed by atoms with Gasteiger partial charge < -0.3 is 0 Å². The number of carbonyl (C=O) groups excluding carboxylic acids is 1. The number of fused-ring (bicyclic) bond motifs is 5. The summed E-state index contributed by atoms with van der Waals surface area (Å²) in [5.74, 6) is 2.91. The number of hydrogen-bond donors (Lipinski definition) is 0. The molecule has 76 valence electrons. The molecule has 14 heavy (non-hydrogen) atoms. The average molecular weight is 192 g/mol. The maximum Gasteiger partial charge on any atom is 0.397 e. The van der Waals surface area contributed by atoms with E-state index in [1.165, 1.54) is 19.3 Å². The smallest absolute Gasteiger partial charge is 0.219 e. The van der Waals surface area contributed by atoms with E-state index in [2.05, 4.69) is 20.1 Å². The first kappa shape index (κ1) is 8.63. The fraction of sp³-hybridized carbons (Fsp3) is 0.833. The van der Waals surface area contributed by atoms with Crippen LogP contribution in [-0.4, -0.2) is 22.7 Å². The van der Waals surface area contributed by atoms with Crippen molar-refractivity contribution in [3.8, 4) is 0 Å². The number of β-lactam (4-membered cyclic amide) rings is 1. The lowest BCUT2D eigenvalue weighted by atomic mass is 9.77. The highest BCUT2D eigenvalue weighted by Gasteiger charge is 2.67. The highest BCUT2D eigenvalue weighted by molar-refractivity contribution is 5.81. The molecule has 0 aromatic rings. The summed E-state index contributed by atoms with van der Waals surface area (Å²) in [6.45, 7) is 4.29. The first-order valence-electron chi connectivity index (χ1n) is 5.85. The number of carbonyl (C=O) groups is 1. The van der Waals surface area contributed by atoms with Crippen molar-refractivity contribution in [2.75, 3.05) is 0 Å². The Hall–Kier alpha value is -0.660.